The second kappa shape index (κ2) is 6.03. The highest BCUT2D eigenvalue weighted by atomic mass is 35.5. The average molecular weight is 308 g/mol. The maximum Gasteiger partial charge on any atom is 0.249 e. The van der Waals surface area contributed by atoms with Crippen molar-refractivity contribution < 1.29 is 9.53 Å². The van der Waals surface area contributed by atoms with E-state index < -0.39 is 0 Å². The number of fused-ring (bicyclic) bond motifs is 1. The second-order valence-electron chi connectivity index (χ2n) is 5.28. The van der Waals surface area contributed by atoms with Crippen LogP contribution < -0.4 is 5.32 Å². The predicted molar refractivity (Wildman–Crippen MR) is 81.2 cm³/mol. The quantitative estimate of drug-likeness (QED) is 0.947. The van der Waals surface area contributed by atoms with Crippen LogP contribution in [0.5, 0.6) is 0 Å². The number of nitrogens with zero attached hydrogens (tertiary/aromatic N) is 2. The summed E-state index contributed by atoms with van der Waals surface area (Å²) in [7, 11) is 1.87. The van der Waals surface area contributed by atoms with Crippen LogP contribution in [0.4, 0.5) is 0 Å². The zero-order valence-corrected chi connectivity index (χ0v) is 12.7. The lowest BCUT2D eigenvalue weighted by Gasteiger charge is -2.21. The number of nitrogens with one attached hydrogen (secondary N) is 1. The summed E-state index contributed by atoms with van der Waals surface area (Å²) in [5, 5.41) is 8.89. The van der Waals surface area contributed by atoms with Crippen molar-refractivity contribution in [2.24, 2.45) is 7.05 Å². The molecule has 0 unspecified atom stereocenters. The Hall–Kier alpha value is -1.59. The largest absolute Gasteiger partial charge is 0.368 e. The van der Waals surface area contributed by atoms with Gasteiger partial charge in [-0.1, -0.05) is 17.7 Å². The molecular formula is C15H18ClN3O2. The standard InChI is InChI=1S/C15H18ClN3O2/c1-19-12-6-4-5-10(16)14(12)11(18-19)9-17-15(20)13-7-2-3-8-21-13/h4-6,13H,2-3,7-9H2,1H3,(H,17,20)/t13-/m0/s1. The fourth-order valence-corrected chi connectivity index (χ4v) is 2.99. The van der Waals surface area contributed by atoms with Crippen molar-refractivity contribution in [1.29, 1.82) is 0 Å². The van der Waals surface area contributed by atoms with E-state index in [2.05, 4.69) is 10.4 Å². The Morgan fingerprint density at radius 3 is 3.14 bits per heavy atom. The van der Waals surface area contributed by atoms with Gasteiger partial charge in [0.25, 0.3) is 0 Å². The summed E-state index contributed by atoms with van der Waals surface area (Å²) < 4.78 is 7.26. The highest BCUT2D eigenvalue weighted by Gasteiger charge is 2.22. The number of ether oxygens (including phenoxy) is 1. The first-order chi connectivity index (χ1) is 10.2. The minimum absolute atomic E-state index is 0.0689. The summed E-state index contributed by atoms with van der Waals surface area (Å²) in [5.41, 5.74) is 1.74. The first kappa shape index (κ1) is 14.4. The Bertz CT molecular complexity index is 662. The summed E-state index contributed by atoms with van der Waals surface area (Å²) in [5.74, 6) is -0.0689. The predicted octanol–water partition coefficient (Wildman–Crippen LogP) is 2.41. The molecule has 0 aliphatic carbocycles. The maximum absolute atomic E-state index is 12.1. The third kappa shape index (κ3) is 2.89. The lowest BCUT2D eigenvalue weighted by molar-refractivity contribution is -0.135. The van der Waals surface area contributed by atoms with Crippen molar-refractivity contribution in [1.82, 2.24) is 15.1 Å². The second-order valence-corrected chi connectivity index (χ2v) is 5.68. The van der Waals surface area contributed by atoms with Gasteiger partial charge < -0.3 is 10.1 Å². The van der Waals surface area contributed by atoms with Crippen LogP contribution in [0.25, 0.3) is 10.9 Å². The molecule has 3 rings (SSSR count). The van der Waals surface area contributed by atoms with Crippen molar-refractivity contribution in [3.05, 3.63) is 28.9 Å². The lowest BCUT2D eigenvalue weighted by Crippen LogP contribution is -2.38. The van der Waals surface area contributed by atoms with Crippen molar-refractivity contribution in [3.63, 3.8) is 0 Å². The van der Waals surface area contributed by atoms with Gasteiger partial charge in [-0.25, -0.2) is 0 Å². The number of halogens is 1. The number of carbonyl (C=O) groups excluding carboxylic acids is 1. The van der Waals surface area contributed by atoms with E-state index in [0.29, 0.717) is 18.2 Å². The van der Waals surface area contributed by atoms with Gasteiger partial charge in [-0.05, 0) is 31.4 Å². The molecule has 1 atom stereocenters. The molecule has 1 fully saturated rings. The Balaban J connectivity index is 1.75. The Morgan fingerprint density at radius 2 is 2.38 bits per heavy atom. The lowest BCUT2D eigenvalue weighted by atomic mass is 10.1. The molecule has 0 spiro atoms. The number of hydrogen-bond acceptors (Lipinski definition) is 3. The summed E-state index contributed by atoms with van der Waals surface area (Å²) in [6, 6.07) is 5.69. The Labute approximate surface area is 128 Å². The molecule has 1 amide bonds. The van der Waals surface area contributed by atoms with E-state index in [4.69, 9.17) is 16.3 Å². The molecule has 112 valence electrons. The van der Waals surface area contributed by atoms with Gasteiger partial charge >= 0.3 is 0 Å². The molecule has 6 heteroatoms. The Morgan fingerprint density at radius 1 is 1.52 bits per heavy atom. The monoisotopic (exact) mass is 307 g/mol. The molecule has 0 bridgehead atoms. The van der Waals surface area contributed by atoms with Gasteiger partial charge in [-0.2, -0.15) is 5.10 Å². The topological polar surface area (TPSA) is 56.2 Å². The van der Waals surface area contributed by atoms with Gasteiger partial charge in [0, 0.05) is 19.0 Å². The van der Waals surface area contributed by atoms with E-state index in [-0.39, 0.29) is 12.0 Å². The van der Waals surface area contributed by atoms with E-state index >= 15 is 0 Å². The summed E-state index contributed by atoms with van der Waals surface area (Å²) in [6.45, 7) is 1.02. The van der Waals surface area contributed by atoms with E-state index in [0.717, 1.165) is 35.9 Å². The molecule has 2 aromatic rings. The maximum atomic E-state index is 12.1. The number of aryl methyl sites for hydroxylation is 1. The number of aromatic nitrogens is 2. The van der Waals surface area contributed by atoms with Gasteiger partial charge in [-0.15, -0.1) is 0 Å². The number of rotatable bonds is 3. The average Bonchev–Trinajstić information content (AvgIpc) is 2.84. The van der Waals surface area contributed by atoms with Crippen molar-refractivity contribution >= 4 is 28.4 Å². The number of amides is 1. The molecular weight excluding hydrogens is 290 g/mol. The smallest absolute Gasteiger partial charge is 0.249 e. The zero-order chi connectivity index (χ0) is 14.8. The molecule has 0 saturated carbocycles. The minimum Gasteiger partial charge on any atom is -0.368 e. The fourth-order valence-electron chi connectivity index (χ4n) is 2.71. The first-order valence-electron chi connectivity index (χ1n) is 7.16. The molecule has 1 aliphatic rings. The van der Waals surface area contributed by atoms with Crippen LogP contribution in [0.3, 0.4) is 0 Å². The van der Waals surface area contributed by atoms with Crippen LogP contribution in [-0.4, -0.2) is 28.4 Å². The van der Waals surface area contributed by atoms with Gasteiger partial charge in [-0.3, -0.25) is 9.48 Å². The Kier molecular flexibility index (Phi) is 4.12. The minimum atomic E-state index is -0.329. The molecule has 1 N–H and O–H groups in total. The third-order valence-corrected chi connectivity index (χ3v) is 4.12. The van der Waals surface area contributed by atoms with Crippen LogP contribution in [0, 0.1) is 0 Å². The summed E-state index contributed by atoms with van der Waals surface area (Å²) in [4.78, 5) is 12.1. The molecule has 1 saturated heterocycles. The number of benzene rings is 1. The highest BCUT2D eigenvalue weighted by Crippen LogP contribution is 2.26. The van der Waals surface area contributed by atoms with Crippen LogP contribution in [-0.2, 0) is 23.1 Å². The van der Waals surface area contributed by atoms with E-state index in [1.54, 1.807) is 4.68 Å². The zero-order valence-electron chi connectivity index (χ0n) is 11.9. The van der Waals surface area contributed by atoms with Crippen molar-refractivity contribution in [2.75, 3.05) is 6.61 Å². The van der Waals surface area contributed by atoms with Crippen molar-refractivity contribution in [2.45, 2.75) is 31.9 Å². The van der Waals surface area contributed by atoms with Crippen LogP contribution in [0.1, 0.15) is 25.0 Å². The molecule has 1 aromatic heterocycles. The molecule has 5 nitrogen and oxygen atoms in total. The summed E-state index contributed by atoms with van der Waals surface area (Å²) in [6.07, 6.45) is 2.53. The normalized spacial score (nSPS) is 18.9. The van der Waals surface area contributed by atoms with E-state index in [9.17, 15) is 4.79 Å². The van der Waals surface area contributed by atoms with Gasteiger partial charge in [0.2, 0.25) is 5.91 Å². The SMILES string of the molecule is Cn1nc(CNC(=O)[C@@H]2CCCCO2)c2c(Cl)cccc21. The molecule has 2 heterocycles. The highest BCUT2D eigenvalue weighted by molar-refractivity contribution is 6.35. The van der Waals surface area contributed by atoms with Gasteiger partial charge in [0.05, 0.1) is 22.8 Å². The third-order valence-electron chi connectivity index (χ3n) is 3.80. The number of hydrogen-bond donors (Lipinski definition) is 1. The molecule has 0 radical (unpaired) electrons. The van der Waals surface area contributed by atoms with Crippen molar-refractivity contribution in [3.8, 4) is 0 Å². The molecule has 21 heavy (non-hydrogen) atoms. The van der Waals surface area contributed by atoms with E-state index in [1.165, 1.54) is 0 Å². The fraction of sp³-hybridized carbons (Fsp3) is 0.467. The van der Waals surface area contributed by atoms with E-state index in [1.807, 2.05) is 25.2 Å². The van der Waals surface area contributed by atoms with Gasteiger partial charge in [0.15, 0.2) is 0 Å². The van der Waals surface area contributed by atoms with Crippen LogP contribution in [0.2, 0.25) is 5.02 Å². The molecule has 1 aliphatic heterocycles. The molecule has 1 aromatic carbocycles. The van der Waals surface area contributed by atoms with Crippen LogP contribution >= 0.6 is 11.6 Å². The number of carbonyl (C=O) groups is 1. The van der Waals surface area contributed by atoms with Gasteiger partial charge in [0.1, 0.15) is 6.10 Å². The van der Waals surface area contributed by atoms with Crippen LogP contribution in [0.15, 0.2) is 18.2 Å². The first-order valence-corrected chi connectivity index (χ1v) is 7.54. The summed E-state index contributed by atoms with van der Waals surface area (Å²) >= 11 is 6.25.